The number of aromatic hydroxyl groups is 1. The lowest BCUT2D eigenvalue weighted by atomic mass is 10.1. The van der Waals surface area contributed by atoms with Crippen molar-refractivity contribution in [3.8, 4) is 16.9 Å². The van der Waals surface area contributed by atoms with Gasteiger partial charge in [0.2, 0.25) is 6.41 Å². The molecule has 1 atom stereocenters. The third kappa shape index (κ3) is 6.69. The number of amides is 1. The summed E-state index contributed by atoms with van der Waals surface area (Å²) >= 11 is 0. The molecule has 0 aromatic heterocycles. The van der Waals surface area contributed by atoms with Crippen molar-refractivity contribution in [2.75, 3.05) is 23.7 Å². The molecule has 4 aromatic carbocycles. The Morgan fingerprint density at radius 1 is 0.800 bits per heavy atom. The number of aliphatic hydroxyl groups excluding tert-OH is 1. The van der Waals surface area contributed by atoms with Gasteiger partial charge in [0.15, 0.2) is 0 Å². The molecule has 0 aliphatic rings. The van der Waals surface area contributed by atoms with E-state index in [1.807, 2.05) is 18.2 Å². The number of hydrogen-bond donors (Lipinski definition) is 5. The number of hydrogen-bond acceptors (Lipinski definition) is 5. The van der Waals surface area contributed by atoms with Gasteiger partial charge in [0, 0.05) is 17.9 Å². The second kappa shape index (κ2) is 11.8. The number of aliphatic hydroxyl groups is 1. The number of phenolic OH excluding ortho intramolecular Hbond substituents is 1. The molecule has 6 nitrogen and oxygen atoms in total. The molecule has 0 radical (unpaired) electrons. The van der Waals surface area contributed by atoms with E-state index >= 15 is 0 Å². The summed E-state index contributed by atoms with van der Waals surface area (Å²) in [7, 11) is 0. The minimum Gasteiger partial charge on any atom is -0.506 e. The van der Waals surface area contributed by atoms with Crippen molar-refractivity contribution in [2.24, 2.45) is 0 Å². The number of benzene rings is 4. The molecule has 4 aromatic rings. The van der Waals surface area contributed by atoms with E-state index in [0.717, 1.165) is 17.8 Å². The van der Waals surface area contributed by atoms with Crippen LogP contribution in [0.3, 0.4) is 0 Å². The molecule has 5 N–H and O–H groups in total. The molecule has 0 heterocycles. The Balaban J connectivity index is 1.26. The summed E-state index contributed by atoms with van der Waals surface area (Å²) in [4.78, 5) is 10.6. The fourth-order valence-electron chi connectivity index (χ4n) is 3.86. The van der Waals surface area contributed by atoms with Gasteiger partial charge < -0.3 is 26.2 Å². The maximum Gasteiger partial charge on any atom is 0.211 e. The van der Waals surface area contributed by atoms with Crippen LogP contribution < -0.4 is 16.0 Å². The van der Waals surface area contributed by atoms with E-state index in [1.54, 1.807) is 12.1 Å². The molecule has 1 amide bonds. The molecule has 0 bridgehead atoms. The molecule has 0 fully saturated rings. The molecule has 178 valence electrons. The Kier molecular flexibility index (Phi) is 8.12. The van der Waals surface area contributed by atoms with Crippen LogP contribution in [0, 0.1) is 0 Å². The van der Waals surface area contributed by atoms with Crippen molar-refractivity contribution in [2.45, 2.75) is 12.5 Å². The van der Waals surface area contributed by atoms with E-state index in [1.165, 1.54) is 22.8 Å². The van der Waals surface area contributed by atoms with E-state index < -0.39 is 6.10 Å². The van der Waals surface area contributed by atoms with Crippen molar-refractivity contribution < 1.29 is 15.0 Å². The first kappa shape index (κ1) is 24.0. The van der Waals surface area contributed by atoms with Gasteiger partial charge >= 0.3 is 0 Å². The predicted octanol–water partition coefficient (Wildman–Crippen LogP) is 5.24. The van der Waals surface area contributed by atoms with E-state index in [9.17, 15) is 15.0 Å². The first-order valence-corrected chi connectivity index (χ1v) is 11.6. The SMILES string of the molecule is O=CNc1cc([C@H](O)CNCCc2ccc(Nc3cccc(-c4ccccc4)c3)cc2)ccc1O. The van der Waals surface area contributed by atoms with Crippen molar-refractivity contribution in [3.63, 3.8) is 0 Å². The van der Waals surface area contributed by atoms with Gasteiger partial charge in [-0.25, -0.2) is 0 Å². The zero-order chi connectivity index (χ0) is 24.5. The molecular weight excluding hydrogens is 438 g/mol. The second-order valence-electron chi connectivity index (χ2n) is 8.28. The van der Waals surface area contributed by atoms with Crippen LogP contribution in [0.5, 0.6) is 5.75 Å². The Morgan fingerprint density at radius 3 is 2.34 bits per heavy atom. The summed E-state index contributed by atoms with van der Waals surface area (Å²) in [5.74, 6) is -0.0390. The van der Waals surface area contributed by atoms with Crippen molar-refractivity contribution in [3.05, 3.63) is 108 Å². The third-order valence-electron chi connectivity index (χ3n) is 5.76. The summed E-state index contributed by atoms with van der Waals surface area (Å²) in [6.07, 6.45) is 0.567. The van der Waals surface area contributed by atoms with Crippen LogP contribution >= 0.6 is 0 Å². The van der Waals surface area contributed by atoms with Crippen LogP contribution in [-0.2, 0) is 11.2 Å². The molecule has 0 aliphatic heterocycles. The topological polar surface area (TPSA) is 93.6 Å². The van der Waals surface area contributed by atoms with Gasteiger partial charge in [0.1, 0.15) is 5.75 Å². The van der Waals surface area contributed by atoms with Crippen LogP contribution in [0.4, 0.5) is 17.1 Å². The minimum absolute atomic E-state index is 0.0390. The zero-order valence-electron chi connectivity index (χ0n) is 19.3. The third-order valence-corrected chi connectivity index (χ3v) is 5.76. The van der Waals surface area contributed by atoms with Crippen LogP contribution in [-0.4, -0.2) is 29.7 Å². The average molecular weight is 468 g/mol. The van der Waals surface area contributed by atoms with Gasteiger partial charge in [-0.15, -0.1) is 0 Å². The van der Waals surface area contributed by atoms with Gasteiger partial charge in [0.05, 0.1) is 11.8 Å². The number of nitrogens with one attached hydrogen (secondary N) is 3. The summed E-state index contributed by atoms with van der Waals surface area (Å²) in [5, 5.41) is 29.3. The van der Waals surface area contributed by atoms with Gasteiger partial charge in [-0.1, -0.05) is 60.7 Å². The summed E-state index contributed by atoms with van der Waals surface area (Å²) in [6, 6.07) is 31.7. The van der Waals surface area contributed by atoms with Gasteiger partial charge in [0.25, 0.3) is 0 Å². The second-order valence-corrected chi connectivity index (χ2v) is 8.28. The van der Waals surface area contributed by atoms with Crippen molar-refractivity contribution >= 4 is 23.5 Å². The fraction of sp³-hybridized carbons (Fsp3) is 0.138. The lowest BCUT2D eigenvalue weighted by Crippen LogP contribution is -2.23. The lowest BCUT2D eigenvalue weighted by molar-refractivity contribution is -0.105. The van der Waals surface area contributed by atoms with Crippen LogP contribution in [0.15, 0.2) is 97.1 Å². The number of carbonyl (C=O) groups excluding carboxylic acids is 1. The number of carbonyl (C=O) groups is 1. The fourth-order valence-corrected chi connectivity index (χ4v) is 3.86. The number of phenols is 1. The average Bonchev–Trinajstić information content (AvgIpc) is 2.89. The highest BCUT2D eigenvalue weighted by Gasteiger charge is 2.10. The molecule has 0 unspecified atom stereocenters. The number of rotatable bonds is 11. The Bertz CT molecular complexity index is 1240. The van der Waals surface area contributed by atoms with Crippen LogP contribution in [0.1, 0.15) is 17.2 Å². The molecule has 0 spiro atoms. The molecule has 35 heavy (non-hydrogen) atoms. The molecule has 4 rings (SSSR count). The van der Waals surface area contributed by atoms with Crippen LogP contribution in [0.25, 0.3) is 11.1 Å². The summed E-state index contributed by atoms with van der Waals surface area (Å²) in [5.41, 5.74) is 6.50. The molecule has 6 heteroatoms. The first-order valence-electron chi connectivity index (χ1n) is 11.6. The number of anilines is 3. The Labute approximate surface area is 205 Å². The smallest absolute Gasteiger partial charge is 0.211 e. The monoisotopic (exact) mass is 467 g/mol. The molecule has 0 saturated carbocycles. The highest BCUT2D eigenvalue weighted by molar-refractivity contribution is 5.75. The maximum atomic E-state index is 10.6. The highest BCUT2D eigenvalue weighted by Crippen LogP contribution is 2.27. The molecule has 0 aliphatic carbocycles. The zero-order valence-corrected chi connectivity index (χ0v) is 19.3. The molecular formula is C29H29N3O3. The van der Waals surface area contributed by atoms with Crippen molar-refractivity contribution in [1.29, 1.82) is 0 Å². The van der Waals surface area contributed by atoms with E-state index in [0.29, 0.717) is 25.1 Å². The maximum absolute atomic E-state index is 10.6. The van der Waals surface area contributed by atoms with E-state index in [4.69, 9.17) is 0 Å². The molecule has 0 saturated heterocycles. The summed E-state index contributed by atoms with van der Waals surface area (Å²) < 4.78 is 0. The van der Waals surface area contributed by atoms with Gasteiger partial charge in [-0.3, -0.25) is 4.79 Å². The minimum atomic E-state index is -0.749. The van der Waals surface area contributed by atoms with Gasteiger partial charge in [-0.2, -0.15) is 0 Å². The first-order chi connectivity index (χ1) is 17.1. The quantitative estimate of drug-likeness (QED) is 0.118. The van der Waals surface area contributed by atoms with E-state index in [2.05, 4.69) is 76.6 Å². The van der Waals surface area contributed by atoms with E-state index in [-0.39, 0.29) is 11.4 Å². The lowest BCUT2D eigenvalue weighted by Gasteiger charge is -2.14. The summed E-state index contributed by atoms with van der Waals surface area (Å²) in [6.45, 7) is 1.07. The largest absolute Gasteiger partial charge is 0.506 e. The van der Waals surface area contributed by atoms with Crippen molar-refractivity contribution in [1.82, 2.24) is 5.32 Å². The Morgan fingerprint density at radius 2 is 1.57 bits per heavy atom. The predicted molar refractivity (Wildman–Crippen MR) is 141 cm³/mol. The Hall–Kier alpha value is -4.13. The highest BCUT2D eigenvalue weighted by atomic mass is 16.3. The standard InChI is InChI=1S/C29H29N3O3/c33-20-31-27-18-24(11-14-28(27)34)29(35)19-30-16-15-21-9-12-25(13-10-21)32-26-8-4-7-23(17-26)22-5-2-1-3-6-22/h1-14,17-18,20,29-30,32,34-35H,15-16,19H2,(H,31,33)/t29-/m1/s1. The normalized spacial score (nSPS) is 11.6. The van der Waals surface area contributed by atoms with Crippen LogP contribution in [0.2, 0.25) is 0 Å². The van der Waals surface area contributed by atoms with Gasteiger partial charge in [-0.05, 0) is 71.6 Å².